The Hall–Kier alpha value is -1.32. The van der Waals surface area contributed by atoms with Crippen molar-refractivity contribution in [3.8, 4) is 0 Å². The number of rotatable bonds is 5. The van der Waals surface area contributed by atoms with Crippen LogP contribution < -0.4 is 11.3 Å². The van der Waals surface area contributed by atoms with Gasteiger partial charge >= 0.3 is 0 Å². The first-order chi connectivity index (χ1) is 8.27. The lowest BCUT2D eigenvalue weighted by Gasteiger charge is -2.22. The van der Waals surface area contributed by atoms with E-state index in [9.17, 15) is 0 Å². The molecule has 0 aliphatic heterocycles. The maximum absolute atomic E-state index is 5.69. The molecule has 0 radical (unpaired) electrons. The van der Waals surface area contributed by atoms with Crippen molar-refractivity contribution < 1.29 is 4.42 Å². The fourth-order valence-corrected chi connectivity index (χ4v) is 2.42. The number of para-hydroxylation sites is 1. The molecule has 0 aliphatic carbocycles. The molecule has 1 aromatic heterocycles. The molecule has 3 N–H and O–H groups in total. The molecular formula is C14H20N2O. The quantitative estimate of drug-likeness (QED) is 0.614. The van der Waals surface area contributed by atoms with Crippen LogP contribution >= 0.6 is 0 Å². The number of furan rings is 1. The van der Waals surface area contributed by atoms with Crippen molar-refractivity contribution in [3.63, 3.8) is 0 Å². The number of hydrogen-bond acceptors (Lipinski definition) is 3. The highest BCUT2D eigenvalue weighted by atomic mass is 16.3. The monoisotopic (exact) mass is 232 g/mol. The third-order valence-corrected chi connectivity index (χ3v) is 3.34. The van der Waals surface area contributed by atoms with E-state index in [2.05, 4.69) is 25.3 Å². The van der Waals surface area contributed by atoms with Crippen molar-refractivity contribution in [2.75, 3.05) is 0 Å². The molecule has 17 heavy (non-hydrogen) atoms. The molecule has 0 saturated heterocycles. The minimum Gasteiger partial charge on any atom is -0.464 e. The van der Waals surface area contributed by atoms with Gasteiger partial charge in [0.25, 0.3) is 0 Å². The fraction of sp³-hybridized carbons (Fsp3) is 0.429. The van der Waals surface area contributed by atoms with Crippen molar-refractivity contribution in [3.05, 3.63) is 36.1 Å². The van der Waals surface area contributed by atoms with Gasteiger partial charge in [-0.1, -0.05) is 38.5 Å². The topological polar surface area (TPSA) is 51.2 Å². The maximum atomic E-state index is 5.69. The zero-order chi connectivity index (χ0) is 12.3. The summed E-state index contributed by atoms with van der Waals surface area (Å²) in [6, 6.07) is 8.22. The predicted molar refractivity (Wildman–Crippen MR) is 70.4 cm³/mol. The van der Waals surface area contributed by atoms with Crippen molar-refractivity contribution in [1.29, 1.82) is 0 Å². The van der Waals surface area contributed by atoms with E-state index in [1.807, 2.05) is 24.5 Å². The van der Waals surface area contributed by atoms with Crippen LogP contribution in [-0.4, -0.2) is 0 Å². The van der Waals surface area contributed by atoms with Crippen molar-refractivity contribution in [2.45, 2.75) is 32.7 Å². The second-order valence-electron chi connectivity index (χ2n) is 4.60. The zero-order valence-electron chi connectivity index (χ0n) is 10.4. The summed E-state index contributed by atoms with van der Waals surface area (Å²) in [7, 11) is 0. The van der Waals surface area contributed by atoms with Crippen molar-refractivity contribution in [2.24, 2.45) is 11.8 Å². The number of hydrazine groups is 1. The molecule has 92 valence electrons. The Kier molecular flexibility index (Phi) is 3.82. The van der Waals surface area contributed by atoms with Gasteiger partial charge in [-0.2, -0.15) is 0 Å². The molecular weight excluding hydrogens is 212 g/mol. The molecule has 2 rings (SSSR count). The van der Waals surface area contributed by atoms with Crippen LogP contribution in [0.2, 0.25) is 0 Å². The van der Waals surface area contributed by atoms with Gasteiger partial charge in [0.15, 0.2) is 0 Å². The third-order valence-electron chi connectivity index (χ3n) is 3.34. The van der Waals surface area contributed by atoms with Crippen LogP contribution in [-0.2, 0) is 0 Å². The van der Waals surface area contributed by atoms with Gasteiger partial charge in [-0.25, -0.2) is 0 Å². The van der Waals surface area contributed by atoms with Gasteiger partial charge in [-0.3, -0.25) is 11.3 Å². The van der Waals surface area contributed by atoms with Crippen LogP contribution in [0.15, 0.2) is 34.9 Å². The van der Waals surface area contributed by atoms with Gasteiger partial charge in [-0.15, -0.1) is 0 Å². The lowest BCUT2D eigenvalue weighted by atomic mass is 9.91. The molecule has 3 heteroatoms. The van der Waals surface area contributed by atoms with Crippen LogP contribution in [0.4, 0.5) is 0 Å². The minimum absolute atomic E-state index is 0.151. The van der Waals surface area contributed by atoms with E-state index in [0.29, 0.717) is 5.92 Å². The van der Waals surface area contributed by atoms with E-state index >= 15 is 0 Å². The average Bonchev–Trinajstić information content (AvgIpc) is 2.75. The summed E-state index contributed by atoms with van der Waals surface area (Å²) in [5, 5.41) is 1.15. The van der Waals surface area contributed by atoms with E-state index in [-0.39, 0.29) is 6.04 Å². The van der Waals surface area contributed by atoms with E-state index in [0.717, 1.165) is 29.4 Å². The summed E-state index contributed by atoms with van der Waals surface area (Å²) in [6.45, 7) is 4.41. The van der Waals surface area contributed by atoms with Crippen LogP contribution in [0.5, 0.6) is 0 Å². The van der Waals surface area contributed by atoms with Crippen LogP contribution in [0.1, 0.15) is 38.3 Å². The Bertz CT molecular complexity index is 478. The molecule has 2 atom stereocenters. The molecule has 1 heterocycles. The standard InChI is InChI=1S/C14H20N2O/c1-3-6-10(2)14(16-15)12-9-17-13-8-5-4-7-11(12)13/h4-5,7-10,14,16H,3,6,15H2,1-2H3. The van der Waals surface area contributed by atoms with Crippen LogP contribution in [0.3, 0.4) is 0 Å². The molecule has 0 aliphatic rings. The molecule has 2 unspecified atom stereocenters. The maximum Gasteiger partial charge on any atom is 0.134 e. The SMILES string of the molecule is CCCC(C)C(NN)c1coc2ccccc12. The Morgan fingerprint density at radius 2 is 2.12 bits per heavy atom. The normalized spacial score (nSPS) is 15.0. The first-order valence-electron chi connectivity index (χ1n) is 6.20. The number of benzene rings is 1. The summed E-state index contributed by atoms with van der Waals surface area (Å²) in [5.74, 6) is 6.19. The second-order valence-corrected chi connectivity index (χ2v) is 4.60. The highest BCUT2D eigenvalue weighted by Crippen LogP contribution is 2.31. The molecule has 1 aromatic carbocycles. The number of nitrogens with two attached hydrogens (primary N) is 1. The van der Waals surface area contributed by atoms with Gasteiger partial charge in [0, 0.05) is 10.9 Å². The lowest BCUT2D eigenvalue weighted by molar-refractivity contribution is 0.367. The van der Waals surface area contributed by atoms with Crippen LogP contribution in [0.25, 0.3) is 11.0 Å². The fourth-order valence-electron chi connectivity index (χ4n) is 2.42. The lowest BCUT2D eigenvalue weighted by Crippen LogP contribution is -2.32. The van der Waals surface area contributed by atoms with Gasteiger partial charge in [0.05, 0.1) is 12.3 Å². The number of hydrogen-bond donors (Lipinski definition) is 2. The molecule has 0 spiro atoms. The Morgan fingerprint density at radius 1 is 1.35 bits per heavy atom. The minimum atomic E-state index is 0.151. The van der Waals surface area contributed by atoms with Crippen LogP contribution in [0, 0.1) is 5.92 Å². The summed E-state index contributed by atoms with van der Waals surface area (Å²) < 4.78 is 5.56. The molecule has 2 aromatic rings. The average molecular weight is 232 g/mol. The highest BCUT2D eigenvalue weighted by Gasteiger charge is 2.21. The molecule has 0 saturated carbocycles. The summed E-state index contributed by atoms with van der Waals surface area (Å²) in [5.41, 5.74) is 5.00. The first-order valence-corrected chi connectivity index (χ1v) is 6.20. The van der Waals surface area contributed by atoms with Crippen molar-refractivity contribution in [1.82, 2.24) is 5.43 Å². The van der Waals surface area contributed by atoms with Crippen molar-refractivity contribution >= 4 is 11.0 Å². The zero-order valence-corrected chi connectivity index (χ0v) is 10.4. The Balaban J connectivity index is 2.36. The summed E-state index contributed by atoms with van der Waals surface area (Å²) >= 11 is 0. The van der Waals surface area contributed by atoms with Gasteiger partial charge in [-0.05, 0) is 18.4 Å². The Morgan fingerprint density at radius 3 is 2.82 bits per heavy atom. The highest BCUT2D eigenvalue weighted by molar-refractivity contribution is 5.81. The second kappa shape index (κ2) is 5.34. The summed E-state index contributed by atoms with van der Waals surface area (Å²) in [6.07, 6.45) is 4.13. The van der Waals surface area contributed by atoms with E-state index in [1.165, 1.54) is 0 Å². The van der Waals surface area contributed by atoms with E-state index in [4.69, 9.17) is 10.3 Å². The van der Waals surface area contributed by atoms with E-state index in [1.54, 1.807) is 0 Å². The third kappa shape index (κ3) is 2.35. The van der Waals surface area contributed by atoms with Gasteiger partial charge in [0.1, 0.15) is 5.58 Å². The molecule has 3 nitrogen and oxygen atoms in total. The smallest absolute Gasteiger partial charge is 0.134 e. The van der Waals surface area contributed by atoms with Gasteiger partial charge < -0.3 is 4.42 Å². The predicted octanol–water partition coefficient (Wildman–Crippen LogP) is 3.37. The number of fused-ring (bicyclic) bond motifs is 1. The largest absolute Gasteiger partial charge is 0.464 e. The molecule has 0 amide bonds. The summed E-state index contributed by atoms with van der Waals surface area (Å²) in [4.78, 5) is 0. The Labute approximate surface area is 102 Å². The molecule has 0 fully saturated rings. The number of nitrogens with one attached hydrogen (secondary N) is 1. The van der Waals surface area contributed by atoms with Gasteiger partial charge in [0.2, 0.25) is 0 Å². The molecule has 0 bridgehead atoms. The first kappa shape index (κ1) is 12.1. The van der Waals surface area contributed by atoms with E-state index < -0.39 is 0 Å².